The molecule has 0 fully saturated rings. The zero-order valence-corrected chi connectivity index (χ0v) is 18.6. The molecular formula is C28H24N4O. The molecule has 0 spiro atoms. The minimum Gasteiger partial charge on any atom is -0.495 e. The van der Waals surface area contributed by atoms with Gasteiger partial charge < -0.3 is 14.3 Å². The summed E-state index contributed by atoms with van der Waals surface area (Å²) in [4.78, 5) is 12.2. The number of rotatable bonds is 6. The fourth-order valence-corrected chi connectivity index (χ4v) is 3.78. The quantitative estimate of drug-likeness (QED) is 0.337. The van der Waals surface area contributed by atoms with Crippen molar-refractivity contribution in [1.82, 2.24) is 19.5 Å². The Morgan fingerprint density at radius 3 is 2.33 bits per heavy atom. The molecule has 5 nitrogen and oxygen atoms in total. The lowest BCUT2D eigenvalue weighted by Gasteiger charge is -2.09. The van der Waals surface area contributed by atoms with Gasteiger partial charge in [0.15, 0.2) is 0 Å². The van der Waals surface area contributed by atoms with Crippen molar-refractivity contribution in [2.75, 3.05) is 7.11 Å². The number of aromatic nitrogens is 4. The largest absolute Gasteiger partial charge is 0.495 e. The highest BCUT2D eigenvalue weighted by molar-refractivity contribution is 5.72. The van der Waals surface area contributed by atoms with Gasteiger partial charge in [0.25, 0.3) is 0 Å². The molecule has 0 amide bonds. The van der Waals surface area contributed by atoms with Crippen LogP contribution in [0.2, 0.25) is 0 Å². The van der Waals surface area contributed by atoms with E-state index in [1.54, 1.807) is 13.4 Å². The number of aryl methyl sites for hydroxylation is 1. The van der Waals surface area contributed by atoms with E-state index < -0.39 is 0 Å². The van der Waals surface area contributed by atoms with Crippen LogP contribution in [0.3, 0.4) is 0 Å². The zero-order valence-electron chi connectivity index (χ0n) is 18.6. The van der Waals surface area contributed by atoms with E-state index >= 15 is 0 Å². The molecule has 162 valence electrons. The molecule has 0 saturated carbocycles. The third-order valence-corrected chi connectivity index (χ3v) is 5.53. The smallest absolute Gasteiger partial charge is 0.143 e. The number of methoxy groups -OCH3 is 1. The van der Waals surface area contributed by atoms with Crippen molar-refractivity contribution in [2.24, 2.45) is 0 Å². The number of imidazole rings is 2. The molecule has 5 aromatic rings. The van der Waals surface area contributed by atoms with Crippen LogP contribution in [0.25, 0.3) is 40.2 Å². The second-order valence-corrected chi connectivity index (χ2v) is 7.81. The van der Waals surface area contributed by atoms with Crippen LogP contribution in [0.5, 0.6) is 5.75 Å². The van der Waals surface area contributed by atoms with Gasteiger partial charge in [-0.3, -0.25) is 0 Å². The Bertz CT molecular complexity index is 1400. The minimum absolute atomic E-state index is 0.785. The second kappa shape index (κ2) is 9.01. The lowest BCUT2D eigenvalue weighted by molar-refractivity contribution is 0.413. The first-order valence-corrected chi connectivity index (χ1v) is 10.8. The predicted molar refractivity (Wildman–Crippen MR) is 133 cm³/mol. The summed E-state index contributed by atoms with van der Waals surface area (Å²) in [5, 5.41) is 0. The average molecular weight is 433 g/mol. The molecule has 0 aliphatic carbocycles. The van der Waals surface area contributed by atoms with Crippen LogP contribution in [-0.4, -0.2) is 26.6 Å². The van der Waals surface area contributed by atoms with Gasteiger partial charge in [-0.1, -0.05) is 66.7 Å². The summed E-state index contributed by atoms with van der Waals surface area (Å²) in [5.74, 6) is 1.58. The molecule has 0 saturated heterocycles. The van der Waals surface area contributed by atoms with Gasteiger partial charge in [0.1, 0.15) is 11.6 Å². The molecule has 2 aromatic heterocycles. The van der Waals surface area contributed by atoms with Gasteiger partial charge in [0.2, 0.25) is 0 Å². The maximum Gasteiger partial charge on any atom is 0.143 e. The summed E-state index contributed by atoms with van der Waals surface area (Å²) in [6, 6.07) is 25.0. The van der Waals surface area contributed by atoms with Gasteiger partial charge in [0.05, 0.1) is 36.7 Å². The molecule has 5 heteroatoms. The van der Waals surface area contributed by atoms with Gasteiger partial charge in [-0.15, -0.1) is 0 Å². The first kappa shape index (κ1) is 20.5. The van der Waals surface area contributed by atoms with Crippen LogP contribution >= 0.6 is 0 Å². The van der Waals surface area contributed by atoms with Gasteiger partial charge in [-0.2, -0.15) is 0 Å². The molecule has 0 atom stereocenters. The minimum atomic E-state index is 0.785. The van der Waals surface area contributed by atoms with Crippen LogP contribution in [0, 0.1) is 6.92 Å². The van der Waals surface area contributed by atoms with E-state index in [9.17, 15) is 0 Å². The summed E-state index contributed by atoms with van der Waals surface area (Å²) in [6.45, 7) is 1.97. The van der Waals surface area contributed by atoms with E-state index in [2.05, 4.69) is 69.5 Å². The normalized spacial score (nSPS) is 11.2. The lowest BCUT2D eigenvalue weighted by atomic mass is 10.0. The van der Waals surface area contributed by atoms with Crippen LogP contribution in [0.4, 0.5) is 0 Å². The van der Waals surface area contributed by atoms with E-state index in [1.807, 2.05) is 54.2 Å². The Balaban J connectivity index is 1.33. The van der Waals surface area contributed by atoms with E-state index in [4.69, 9.17) is 4.74 Å². The van der Waals surface area contributed by atoms with Gasteiger partial charge >= 0.3 is 0 Å². The first-order chi connectivity index (χ1) is 16.2. The fraction of sp³-hybridized carbons (Fsp3) is 0.0714. The monoisotopic (exact) mass is 432 g/mol. The van der Waals surface area contributed by atoms with Crippen molar-refractivity contribution >= 4 is 12.2 Å². The molecule has 5 rings (SSSR count). The van der Waals surface area contributed by atoms with Gasteiger partial charge in [-0.25, -0.2) is 9.97 Å². The van der Waals surface area contributed by atoms with E-state index in [1.165, 1.54) is 11.1 Å². The number of H-pyrrole nitrogens is 1. The highest BCUT2D eigenvalue weighted by Gasteiger charge is 2.07. The number of hydrogen-bond donors (Lipinski definition) is 1. The van der Waals surface area contributed by atoms with Crippen molar-refractivity contribution in [1.29, 1.82) is 0 Å². The SMILES string of the molecule is COc1cc(C=Cc2ncc(-c3ccc(-c4ccccc4)cc3)[nH]2)ccc1-n1cnc(C)c1. The van der Waals surface area contributed by atoms with E-state index in [0.29, 0.717) is 0 Å². The Hall–Kier alpha value is -4.38. The third kappa shape index (κ3) is 4.48. The standard InChI is InChI=1S/C28H24N4O/c1-20-18-32(19-30-20)26-14-8-21(16-27(26)33-2)9-15-28-29-17-25(31-28)24-12-10-23(11-13-24)22-6-4-3-5-7-22/h3-19H,1-2H3,(H,29,31). The van der Waals surface area contributed by atoms with Crippen molar-refractivity contribution in [3.63, 3.8) is 0 Å². The Morgan fingerprint density at radius 1 is 0.848 bits per heavy atom. The summed E-state index contributed by atoms with van der Waals surface area (Å²) in [7, 11) is 1.68. The fourth-order valence-electron chi connectivity index (χ4n) is 3.78. The molecule has 33 heavy (non-hydrogen) atoms. The molecule has 0 radical (unpaired) electrons. The molecule has 0 unspecified atom stereocenters. The Labute approximate surface area is 193 Å². The Morgan fingerprint density at radius 2 is 1.61 bits per heavy atom. The summed E-state index contributed by atoms with van der Waals surface area (Å²) < 4.78 is 7.56. The number of hydrogen-bond acceptors (Lipinski definition) is 3. The molecule has 0 aliphatic heterocycles. The topological polar surface area (TPSA) is 55.7 Å². The van der Waals surface area contributed by atoms with Crippen molar-refractivity contribution < 1.29 is 4.74 Å². The number of benzene rings is 3. The zero-order chi connectivity index (χ0) is 22.6. The van der Waals surface area contributed by atoms with Gasteiger partial charge in [-0.05, 0) is 47.4 Å². The number of nitrogens with one attached hydrogen (secondary N) is 1. The highest BCUT2D eigenvalue weighted by atomic mass is 16.5. The number of aromatic amines is 1. The predicted octanol–water partition coefficient (Wildman–Crippen LogP) is 6.42. The van der Waals surface area contributed by atoms with Crippen molar-refractivity contribution in [3.05, 3.63) is 109 Å². The molecule has 3 aromatic carbocycles. The molecule has 2 heterocycles. The summed E-state index contributed by atoms with van der Waals surface area (Å²) >= 11 is 0. The Kier molecular flexibility index (Phi) is 5.60. The van der Waals surface area contributed by atoms with Crippen LogP contribution in [0.1, 0.15) is 17.1 Å². The molecule has 0 bridgehead atoms. The third-order valence-electron chi connectivity index (χ3n) is 5.53. The number of ether oxygens (including phenoxy) is 1. The van der Waals surface area contributed by atoms with Gasteiger partial charge in [0, 0.05) is 6.20 Å². The van der Waals surface area contributed by atoms with E-state index in [0.717, 1.165) is 39.8 Å². The van der Waals surface area contributed by atoms with Crippen LogP contribution in [-0.2, 0) is 0 Å². The first-order valence-electron chi connectivity index (χ1n) is 10.8. The lowest BCUT2D eigenvalue weighted by Crippen LogP contribution is -1.95. The second-order valence-electron chi connectivity index (χ2n) is 7.81. The average Bonchev–Trinajstić information content (AvgIpc) is 3.52. The summed E-state index contributed by atoms with van der Waals surface area (Å²) in [5.41, 5.74) is 7.43. The molecular weight excluding hydrogens is 408 g/mol. The van der Waals surface area contributed by atoms with Crippen molar-refractivity contribution in [2.45, 2.75) is 6.92 Å². The molecule has 1 N–H and O–H groups in total. The van der Waals surface area contributed by atoms with Crippen molar-refractivity contribution in [3.8, 4) is 33.8 Å². The van der Waals surface area contributed by atoms with Crippen LogP contribution in [0.15, 0.2) is 91.5 Å². The highest BCUT2D eigenvalue weighted by Crippen LogP contribution is 2.26. The maximum atomic E-state index is 5.60. The summed E-state index contributed by atoms with van der Waals surface area (Å²) in [6.07, 6.45) is 9.62. The molecule has 0 aliphatic rings. The maximum absolute atomic E-state index is 5.60. The number of nitrogens with zero attached hydrogens (tertiary/aromatic N) is 3. The van der Waals surface area contributed by atoms with Crippen LogP contribution < -0.4 is 4.74 Å². The van der Waals surface area contributed by atoms with E-state index in [-0.39, 0.29) is 0 Å².